The van der Waals surface area contributed by atoms with Crippen LogP contribution in [0.2, 0.25) is 0 Å². The van der Waals surface area contributed by atoms with Crippen molar-refractivity contribution in [3.8, 4) is 17.2 Å². The van der Waals surface area contributed by atoms with E-state index < -0.39 is 35.1 Å². The van der Waals surface area contributed by atoms with Gasteiger partial charge in [0.15, 0.2) is 22.7 Å². The van der Waals surface area contributed by atoms with Crippen molar-refractivity contribution < 1.29 is 29.9 Å². The van der Waals surface area contributed by atoms with Crippen LogP contribution in [0.4, 0.5) is 0 Å². The number of hydrogen-bond acceptors (Lipinski definition) is 7. The first-order valence-electron chi connectivity index (χ1n) is 7.63. The molecule has 7 heteroatoms. The van der Waals surface area contributed by atoms with Crippen LogP contribution in [-0.2, 0) is 5.41 Å². The molecule has 0 saturated heterocycles. The lowest BCUT2D eigenvalue weighted by Gasteiger charge is -2.30. The first-order chi connectivity index (χ1) is 11.7. The molecule has 0 aliphatic carbocycles. The quantitative estimate of drug-likeness (QED) is 0.360. The largest absolute Gasteiger partial charge is 0.507 e. The molecule has 132 valence electrons. The fraction of sp³-hybridized carbons (Fsp3) is 0.278. The topological polar surface area (TPSA) is 131 Å². The molecule has 2 aromatic carbocycles. The second-order valence-electron chi connectivity index (χ2n) is 6.50. The van der Waals surface area contributed by atoms with Gasteiger partial charge in [-0.1, -0.05) is 19.9 Å². The summed E-state index contributed by atoms with van der Waals surface area (Å²) in [6.45, 7) is 2.55. The van der Waals surface area contributed by atoms with Gasteiger partial charge in [0.25, 0.3) is 0 Å². The third kappa shape index (κ3) is 2.40. The lowest BCUT2D eigenvalue weighted by Crippen LogP contribution is -2.36. The highest BCUT2D eigenvalue weighted by molar-refractivity contribution is 5.98. The zero-order chi connectivity index (χ0) is 18.5. The molecule has 7 nitrogen and oxygen atoms in total. The molecule has 1 unspecified atom stereocenters. The van der Waals surface area contributed by atoms with Crippen molar-refractivity contribution in [1.29, 1.82) is 0 Å². The van der Waals surface area contributed by atoms with Crippen LogP contribution < -0.4 is 5.43 Å². The van der Waals surface area contributed by atoms with Gasteiger partial charge in [-0.2, -0.15) is 0 Å². The fourth-order valence-electron chi connectivity index (χ4n) is 2.90. The summed E-state index contributed by atoms with van der Waals surface area (Å²) in [6.07, 6.45) is -1.23. The van der Waals surface area contributed by atoms with E-state index >= 15 is 0 Å². The average molecular weight is 346 g/mol. The number of benzene rings is 2. The summed E-state index contributed by atoms with van der Waals surface area (Å²) in [5.74, 6) is -1.15. The van der Waals surface area contributed by atoms with E-state index in [1.807, 2.05) is 0 Å². The Morgan fingerprint density at radius 2 is 1.80 bits per heavy atom. The highest BCUT2D eigenvalue weighted by Crippen LogP contribution is 2.42. The minimum Gasteiger partial charge on any atom is -0.507 e. The Balaban J connectivity index is 2.48. The van der Waals surface area contributed by atoms with Crippen molar-refractivity contribution >= 4 is 21.9 Å². The lowest BCUT2D eigenvalue weighted by molar-refractivity contribution is 0.0403. The number of para-hydroxylation sites is 1. The molecule has 3 rings (SSSR count). The van der Waals surface area contributed by atoms with Crippen LogP contribution in [0, 0.1) is 0 Å². The Morgan fingerprint density at radius 1 is 1.12 bits per heavy atom. The second kappa shape index (κ2) is 5.65. The van der Waals surface area contributed by atoms with E-state index in [0.29, 0.717) is 0 Å². The van der Waals surface area contributed by atoms with E-state index in [9.17, 15) is 30.3 Å². The number of aliphatic hydroxyl groups is 2. The standard InChI is InChI=1S/C18H18O7/c1-18(2,12(22)7-19)9-6-11(21)17-13(15(9)24)14(23)8-4-3-5-10(20)16(8)25-17/h3-6,12,19-22,24H,7H2,1-2H3. The molecule has 0 aliphatic heterocycles. The van der Waals surface area contributed by atoms with E-state index in [4.69, 9.17) is 4.42 Å². The van der Waals surface area contributed by atoms with Crippen molar-refractivity contribution in [3.05, 3.63) is 40.1 Å². The Labute approximate surface area is 142 Å². The maximum absolute atomic E-state index is 12.8. The SMILES string of the molecule is CC(C)(c1cc(O)c2oc3c(O)cccc3c(=O)c2c1O)C(O)CO. The first kappa shape index (κ1) is 17.1. The summed E-state index contributed by atoms with van der Waals surface area (Å²) in [7, 11) is 0. The highest BCUT2D eigenvalue weighted by atomic mass is 16.4. The van der Waals surface area contributed by atoms with Gasteiger partial charge in [-0.3, -0.25) is 4.79 Å². The summed E-state index contributed by atoms with van der Waals surface area (Å²) in [5, 5.41) is 49.8. The number of phenols is 3. The van der Waals surface area contributed by atoms with Crippen LogP contribution in [0.1, 0.15) is 19.4 Å². The van der Waals surface area contributed by atoms with Crippen LogP contribution in [0.3, 0.4) is 0 Å². The van der Waals surface area contributed by atoms with E-state index in [-0.39, 0.29) is 33.3 Å². The molecule has 5 N–H and O–H groups in total. The molecule has 0 aliphatic rings. The summed E-state index contributed by atoms with van der Waals surface area (Å²) >= 11 is 0. The molecular formula is C18H18O7. The third-order valence-corrected chi connectivity index (χ3v) is 4.60. The Morgan fingerprint density at radius 3 is 2.44 bits per heavy atom. The number of rotatable bonds is 3. The van der Waals surface area contributed by atoms with Crippen molar-refractivity contribution in [2.24, 2.45) is 0 Å². The smallest absolute Gasteiger partial charge is 0.204 e. The van der Waals surface area contributed by atoms with Crippen LogP contribution in [0.5, 0.6) is 17.2 Å². The van der Waals surface area contributed by atoms with Crippen LogP contribution >= 0.6 is 0 Å². The van der Waals surface area contributed by atoms with E-state index in [2.05, 4.69) is 0 Å². The van der Waals surface area contributed by atoms with Gasteiger partial charge in [-0.05, 0) is 18.2 Å². The third-order valence-electron chi connectivity index (χ3n) is 4.60. The van der Waals surface area contributed by atoms with Crippen molar-refractivity contribution in [2.45, 2.75) is 25.4 Å². The molecule has 0 spiro atoms. The molecule has 3 aromatic rings. The van der Waals surface area contributed by atoms with Crippen molar-refractivity contribution in [2.75, 3.05) is 6.61 Å². The van der Waals surface area contributed by atoms with Gasteiger partial charge in [0.1, 0.15) is 11.1 Å². The van der Waals surface area contributed by atoms with Gasteiger partial charge in [-0.25, -0.2) is 0 Å². The van der Waals surface area contributed by atoms with Gasteiger partial charge in [0, 0.05) is 11.0 Å². The van der Waals surface area contributed by atoms with E-state index in [1.165, 1.54) is 24.3 Å². The molecule has 0 bridgehead atoms. The minimum atomic E-state index is -1.23. The molecule has 0 amide bonds. The van der Waals surface area contributed by atoms with Gasteiger partial charge in [0.2, 0.25) is 5.43 Å². The summed E-state index contributed by atoms with van der Waals surface area (Å²) in [6, 6.07) is 5.40. The summed E-state index contributed by atoms with van der Waals surface area (Å²) < 4.78 is 5.45. The van der Waals surface area contributed by atoms with Crippen molar-refractivity contribution in [1.82, 2.24) is 0 Å². The van der Waals surface area contributed by atoms with Crippen LogP contribution in [-0.4, -0.2) is 38.2 Å². The van der Waals surface area contributed by atoms with Gasteiger partial charge in [0.05, 0.1) is 18.1 Å². The molecule has 25 heavy (non-hydrogen) atoms. The molecule has 0 radical (unpaired) electrons. The molecule has 0 fully saturated rings. The summed E-state index contributed by atoms with van der Waals surface area (Å²) in [4.78, 5) is 12.8. The highest BCUT2D eigenvalue weighted by Gasteiger charge is 2.34. The van der Waals surface area contributed by atoms with Crippen LogP contribution in [0.15, 0.2) is 33.5 Å². The van der Waals surface area contributed by atoms with E-state index in [0.717, 1.165) is 0 Å². The number of hydrogen-bond donors (Lipinski definition) is 5. The average Bonchev–Trinajstić information content (AvgIpc) is 2.57. The fourth-order valence-corrected chi connectivity index (χ4v) is 2.90. The Bertz CT molecular complexity index is 1030. The number of phenolic OH excluding ortho intramolecular Hbond substituents is 3. The first-order valence-corrected chi connectivity index (χ1v) is 7.63. The lowest BCUT2D eigenvalue weighted by atomic mass is 9.78. The number of fused-ring (bicyclic) bond motifs is 2. The van der Waals surface area contributed by atoms with Gasteiger partial charge < -0.3 is 29.9 Å². The van der Waals surface area contributed by atoms with Crippen molar-refractivity contribution in [3.63, 3.8) is 0 Å². The van der Waals surface area contributed by atoms with E-state index in [1.54, 1.807) is 13.8 Å². The molecule has 1 aromatic heterocycles. The number of aliphatic hydroxyl groups excluding tert-OH is 2. The summed E-state index contributed by atoms with van der Waals surface area (Å²) in [5.41, 5.74) is -2.06. The zero-order valence-electron chi connectivity index (χ0n) is 13.6. The predicted molar refractivity (Wildman–Crippen MR) is 91.1 cm³/mol. The maximum atomic E-state index is 12.8. The predicted octanol–water partition coefficient (Wildman–Crippen LogP) is 1.69. The van der Waals surface area contributed by atoms with Gasteiger partial charge >= 0.3 is 0 Å². The molecule has 1 heterocycles. The Kier molecular flexibility index (Phi) is 3.85. The Hall–Kier alpha value is -2.77. The second-order valence-corrected chi connectivity index (χ2v) is 6.50. The molecule has 0 saturated carbocycles. The normalized spacial score (nSPS) is 13.4. The number of aromatic hydroxyl groups is 3. The van der Waals surface area contributed by atoms with Crippen LogP contribution in [0.25, 0.3) is 21.9 Å². The minimum absolute atomic E-state index is 0.0415. The monoisotopic (exact) mass is 346 g/mol. The molecule has 1 atom stereocenters. The van der Waals surface area contributed by atoms with Gasteiger partial charge in [-0.15, -0.1) is 0 Å². The maximum Gasteiger partial charge on any atom is 0.204 e. The zero-order valence-corrected chi connectivity index (χ0v) is 13.6. The molecular weight excluding hydrogens is 328 g/mol.